The van der Waals surface area contributed by atoms with E-state index in [9.17, 15) is 22.0 Å². The number of halogens is 5. The highest BCUT2D eigenvalue weighted by molar-refractivity contribution is 6.04. The average molecular weight is 490 g/mol. The molecular formula is C22H19F5N8. The minimum Gasteiger partial charge on any atom is -0.382 e. The van der Waals surface area contributed by atoms with Crippen LogP contribution in [0.5, 0.6) is 0 Å². The van der Waals surface area contributed by atoms with Gasteiger partial charge >= 0.3 is 6.18 Å². The van der Waals surface area contributed by atoms with Crippen molar-refractivity contribution < 1.29 is 22.0 Å². The highest BCUT2D eigenvalue weighted by Crippen LogP contribution is 2.32. The number of aliphatic imine (C=N–C) groups is 1. The fraction of sp³-hybridized carbons (Fsp3) is 0.136. The van der Waals surface area contributed by atoms with Crippen molar-refractivity contribution in [2.45, 2.75) is 19.0 Å². The number of nitrogens with one attached hydrogen (secondary N) is 4. The molecular weight excluding hydrogens is 471 g/mol. The fourth-order valence-corrected chi connectivity index (χ4v) is 3.12. The Hall–Kier alpha value is -4.42. The van der Waals surface area contributed by atoms with Gasteiger partial charge in [0.2, 0.25) is 5.82 Å². The second-order valence-corrected chi connectivity index (χ2v) is 7.23. The summed E-state index contributed by atoms with van der Waals surface area (Å²) in [7, 11) is 0. The van der Waals surface area contributed by atoms with Crippen LogP contribution in [0.25, 0.3) is 11.1 Å². The maximum Gasteiger partial charge on any atom is 0.451 e. The molecule has 6 N–H and O–H groups in total. The molecule has 3 rings (SSSR count). The molecule has 0 bridgehead atoms. The Bertz CT molecular complexity index is 1290. The highest BCUT2D eigenvalue weighted by Gasteiger charge is 2.34. The van der Waals surface area contributed by atoms with Gasteiger partial charge in [-0.1, -0.05) is 6.92 Å². The van der Waals surface area contributed by atoms with Gasteiger partial charge in [0.15, 0.2) is 0 Å². The van der Waals surface area contributed by atoms with E-state index in [1.165, 1.54) is 12.3 Å². The maximum absolute atomic E-state index is 13.9. The van der Waals surface area contributed by atoms with Crippen molar-refractivity contribution in [3.8, 4) is 11.1 Å². The molecule has 35 heavy (non-hydrogen) atoms. The van der Waals surface area contributed by atoms with Crippen molar-refractivity contribution in [1.82, 2.24) is 15.0 Å². The Kier molecular flexibility index (Phi) is 7.37. The lowest BCUT2D eigenvalue weighted by molar-refractivity contribution is -0.144. The van der Waals surface area contributed by atoms with Gasteiger partial charge in [-0.3, -0.25) is 5.41 Å². The van der Waals surface area contributed by atoms with Crippen LogP contribution in [0.15, 0.2) is 53.4 Å². The van der Waals surface area contributed by atoms with Crippen molar-refractivity contribution >= 4 is 24.1 Å². The summed E-state index contributed by atoms with van der Waals surface area (Å²) in [6.45, 7) is 1.71. The summed E-state index contributed by atoms with van der Waals surface area (Å²) in [5, 5.41) is 17.6. The van der Waals surface area contributed by atoms with Crippen LogP contribution in [0.2, 0.25) is 0 Å². The molecule has 0 aliphatic carbocycles. The molecule has 0 radical (unpaired) electrons. The van der Waals surface area contributed by atoms with Crippen LogP contribution in [-0.4, -0.2) is 33.3 Å². The summed E-state index contributed by atoms with van der Waals surface area (Å²) in [5.41, 5.74) is 7.52. The van der Waals surface area contributed by atoms with Crippen LogP contribution in [0, 0.1) is 22.5 Å². The van der Waals surface area contributed by atoms with Crippen LogP contribution < -0.4 is 11.1 Å². The van der Waals surface area contributed by atoms with E-state index in [0.717, 1.165) is 24.7 Å². The van der Waals surface area contributed by atoms with Gasteiger partial charge in [0.25, 0.3) is 0 Å². The third kappa shape index (κ3) is 5.75. The minimum absolute atomic E-state index is 0.00456. The Morgan fingerprint density at radius 2 is 1.86 bits per heavy atom. The summed E-state index contributed by atoms with van der Waals surface area (Å²) < 4.78 is 65.5. The number of allylic oxidation sites excluding steroid dienone is 1. The molecule has 1 atom stereocenters. The molecule has 0 spiro atoms. The number of aromatic amines is 1. The second-order valence-electron chi connectivity index (χ2n) is 7.23. The summed E-state index contributed by atoms with van der Waals surface area (Å²) in [4.78, 5) is 13.4. The molecule has 1 aromatic carbocycles. The Morgan fingerprint density at radius 1 is 1.17 bits per heavy atom. The monoisotopic (exact) mass is 490 g/mol. The number of hydrogen-bond acceptors (Lipinski definition) is 5. The quantitative estimate of drug-likeness (QED) is 0.175. The molecule has 0 fully saturated rings. The lowest BCUT2D eigenvalue weighted by Crippen LogP contribution is -2.16. The lowest BCUT2D eigenvalue weighted by Gasteiger charge is -2.12. The van der Waals surface area contributed by atoms with Gasteiger partial charge in [0.1, 0.15) is 23.8 Å². The zero-order valence-electron chi connectivity index (χ0n) is 18.1. The first kappa shape index (κ1) is 25.2. The normalized spacial score (nSPS) is 13.4. The van der Waals surface area contributed by atoms with Gasteiger partial charge < -0.3 is 21.4 Å². The lowest BCUT2D eigenvalue weighted by atomic mass is 9.98. The van der Waals surface area contributed by atoms with Gasteiger partial charge in [0, 0.05) is 53.6 Å². The van der Waals surface area contributed by atoms with Crippen molar-refractivity contribution in [3.63, 3.8) is 0 Å². The van der Waals surface area contributed by atoms with E-state index in [2.05, 4.69) is 25.3 Å². The number of nitrogens with two attached hydrogens (primary N) is 1. The molecule has 182 valence electrons. The van der Waals surface area contributed by atoms with Crippen molar-refractivity contribution in [1.29, 1.82) is 10.8 Å². The number of hydrogen-bond donors (Lipinski definition) is 5. The summed E-state index contributed by atoms with van der Waals surface area (Å²) in [5.74, 6) is -3.48. The van der Waals surface area contributed by atoms with E-state index >= 15 is 0 Å². The van der Waals surface area contributed by atoms with Crippen molar-refractivity contribution in [2.75, 3.05) is 5.32 Å². The number of rotatable bonds is 8. The molecule has 1 unspecified atom stereocenters. The zero-order valence-corrected chi connectivity index (χ0v) is 18.1. The standard InChI is InChI=1S/C22H19F5N8/c1-11(12(6-28)7-31-17-3-2-14(23)4-16(17)24)18-5-15(19(35-18)20(30)34-10-29)13-8-32-21(33-9-13)22(25,26)27/h2-11,28,31,35H,1H3,(H3,29,30,34)/b12-7+,28-6?. The number of aromatic nitrogens is 3. The molecule has 13 heteroatoms. The predicted molar refractivity (Wildman–Crippen MR) is 122 cm³/mol. The molecule has 0 amide bonds. The maximum atomic E-state index is 13.9. The topological polar surface area (TPSA) is 140 Å². The van der Waals surface area contributed by atoms with Crippen LogP contribution in [0.4, 0.5) is 27.6 Å². The van der Waals surface area contributed by atoms with Gasteiger partial charge in [-0.2, -0.15) is 13.2 Å². The zero-order chi connectivity index (χ0) is 25.8. The van der Waals surface area contributed by atoms with Gasteiger partial charge in [-0.05, 0) is 23.8 Å². The average Bonchev–Trinajstić information content (AvgIpc) is 3.26. The van der Waals surface area contributed by atoms with Crippen LogP contribution in [-0.2, 0) is 6.18 Å². The highest BCUT2D eigenvalue weighted by atomic mass is 19.4. The van der Waals surface area contributed by atoms with E-state index in [4.69, 9.17) is 16.6 Å². The number of alkyl halides is 3. The number of benzene rings is 1. The molecule has 3 aromatic rings. The molecule has 8 nitrogen and oxygen atoms in total. The third-order valence-electron chi connectivity index (χ3n) is 4.97. The first-order valence-electron chi connectivity index (χ1n) is 9.92. The van der Waals surface area contributed by atoms with Crippen LogP contribution in [0.1, 0.15) is 30.1 Å². The van der Waals surface area contributed by atoms with E-state index in [1.54, 1.807) is 13.0 Å². The van der Waals surface area contributed by atoms with Gasteiger partial charge in [-0.15, -0.1) is 0 Å². The summed E-state index contributed by atoms with van der Waals surface area (Å²) in [6, 6.07) is 4.57. The van der Waals surface area contributed by atoms with Crippen LogP contribution >= 0.6 is 0 Å². The minimum atomic E-state index is -4.71. The third-order valence-corrected chi connectivity index (χ3v) is 4.97. The first-order valence-corrected chi connectivity index (χ1v) is 9.92. The van der Waals surface area contributed by atoms with Crippen molar-refractivity contribution in [3.05, 3.63) is 77.3 Å². The van der Waals surface area contributed by atoms with E-state index < -0.39 is 29.6 Å². The number of nitrogens with zero attached hydrogens (tertiary/aromatic N) is 3. The number of amidine groups is 1. The Labute approximate surface area is 195 Å². The van der Waals surface area contributed by atoms with Gasteiger partial charge in [-0.25, -0.2) is 23.7 Å². The van der Waals surface area contributed by atoms with Crippen molar-refractivity contribution in [2.24, 2.45) is 10.7 Å². The summed E-state index contributed by atoms with van der Waals surface area (Å²) in [6.07, 6.45) is 0.360. The predicted octanol–water partition coefficient (Wildman–Crippen LogP) is 4.83. The summed E-state index contributed by atoms with van der Waals surface area (Å²) >= 11 is 0. The van der Waals surface area contributed by atoms with Crippen LogP contribution in [0.3, 0.4) is 0 Å². The molecule has 0 saturated heterocycles. The second kappa shape index (κ2) is 10.2. The Morgan fingerprint density at radius 3 is 2.43 bits per heavy atom. The molecule has 2 heterocycles. The molecule has 2 aromatic heterocycles. The fourth-order valence-electron chi connectivity index (χ4n) is 3.12. The van der Waals surface area contributed by atoms with Gasteiger partial charge in [0.05, 0.1) is 11.4 Å². The molecule has 0 aliphatic rings. The van der Waals surface area contributed by atoms with E-state index in [-0.39, 0.29) is 22.8 Å². The SMILES string of the molecule is CC(/C(C=N)=C/Nc1ccc(F)cc1F)c1cc(-c2cnc(C(F)(F)F)nc2)c(/C(N)=N\C=N)[nH]1. The molecule has 0 saturated carbocycles. The largest absolute Gasteiger partial charge is 0.451 e. The smallest absolute Gasteiger partial charge is 0.382 e. The van der Waals surface area contributed by atoms with E-state index in [1.807, 2.05) is 0 Å². The van der Waals surface area contributed by atoms with E-state index in [0.29, 0.717) is 29.2 Å². The number of H-pyrrole nitrogens is 1. The molecule has 0 aliphatic heterocycles. The first-order chi connectivity index (χ1) is 16.5. The Balaban J connectivity index is 1.99. The number of anilines is 1.